The minimum atomic E-state index is -0.927. The van der Waals surface area contributed by atoms with Crippen LogP contribution in [0.5, 0.6) is 0 Å². The van der Waals surface area contributed by atoms with Gasteiger partial charge in [-0.05, 0) is 18.2 Å². The van der Waals surface area contributed by atoms with Crippen LogP contribution in [0.3, 0.4) is 0 Å². The molecule has 0 saturated carbocycles. The van der Waals surface area contributed by atoms with Gasteiger partial charge in [-0.25, -0.2) is 5.43 Å². The fourth-order valence-corrected chi connectivity index (χ4v) is 2.31. The van der Waals surface area contributed by atoms with Crippen LogP contribution in [-0.4, -0.2) is 18.0 Å². The first-order valence-corrected chi connectivity index (χ1v) is 7.87. The molecule has 0 aliphatic heterocycles. The molecule has 0 bridgehead atoms. The molecular weight excluding hydrogens is 405 g/mol. The van der Waals surface area contributed by atoms with Gasteiger partial charge in [0.05, 0.1) is 21.9 Å². The third-order valence-electron chi connectivity index (χ3n) is 2.68. The smallest absolute Gasteiger partial charge is 0.316 e. The number of carbonyl (C=O) groups excluding carboxylic acids is 2. The molecular formula is C15H10BrCl2N3O2. The van der Waals surface area contributed by atoms with E-state index in [1.165, 1.54) is 12.3 Å². The van der Waals surface area contributed by atoms with Gasteiger partial charge < -0.3 is 5.32 Å². The van der Waals surface area contributed by atoms with Crippen molar-refractivity contribution in [3.63, 3.8) is 0 Å². The van der Waals surface area contributed by atoms with Crippen molar-refractivity contribution in [3.8, 4) is 0 Å². The van der Waals surface area contributed by atoms with E-state index < -0.39 is 11.8 Å². The Balaban J connectivity index is 1.97. The molecule has 0 radical (unpaired) electrons. The highest BCUT2D eigenvalue weighted by Crippen LogP contribution is 2.29. The molecule has 2 aromatic carbocycles. The van der Waals surface area contributed by atoms with Crippen molar-refractivity contribution in [3.05, 3.63) is 62.5 Å². The normalized spacial score (nSPS) is 10.6. The number of halogens is 3. The van der Waals surface area contributed by atoms with Gasteiger partial charge in [-0.1, -0.05) is 63.4 Å². The van der Waals surface area contributed by atoms with E-state index in [9.17, 15) is 9.59 Å². The maximum absolute atomic E-state index is 11.8. The van der Waals surface area contributed by atoms with Crippen molar-refractivity contribution in [2.24, 2.45) is 5.10 Å². The number of hydrogen-bond donors (Lipinski definition) is 2. The molecule has 118 valence electrons. The molecule has 2 N–H and O–H groups in total. The number of rotatable bonds is 3. The Morgan fingerprint density at radius 2 is 1.78 bits per heavy atom. The maximum atomic E-state index is 11.8. The summed E-state index contributed by atoms with van der Waals surface area (Å²) < 4.78 is 0.813. The number of carbonyl (C=O) groups is 2. The van der Waals surface area contributed by atoms with Crippen LogP contribution in [0.4, 0.5) is 5.69 Å². The molecule has 2 aromatic rings. The molecule has 0 aliphatic carbocycles. The van der Waals surface area contributed by atoms with Gasteiger partial charge in [-0.3, -0.25) is 9.59 Å². The van der Waals surface area contributed by atoms with Crippen LogP contribution in [0.25, 0.3) is 0 Å². The van der Waals surface area contributed by atoms with E-state index in [-0.39, 0.29) is 15.7 Å². The summed E-state index contributed by atoms with van der Waals surface area (Å²) in [4.78, 5) is 23.5. The standard InChI is InChI=1S/C15H10BrCl2N3O2/c16-10-5-2-1-4-9(10)8-19-21-15(23)14(22)20-12-7-3-6-11(17)13(12)18/h1-8H,(H,20,22)(H,21,23). The number of anilines is 1. The van der Waals surface area contributed by atoms with E-state index >= 15 is 0 Å². The largest absolute Gasteiger partial charge is 0.329 e. The average molecular weight is 415 g/mol. The minimum Gasteiger partial charge on any atom is -0.316 e. The Hall–Kier alpha value is -1.89. The van der Waals surface area contributed by atoms with Crippen LogP contribution in [-0.2, 0) is 9.59 Å². The van der Waals surface area contributed by atoms with Gasteiger partial charge in [0.2, 0.25) is 0 Å². The molecule has 0 spiro atoms. The summed E-state index contributed by atoms with van der Waals surface area (Å²) >= 11 is 15.1. The maximum Gasteiger partial charge on any atom is 0.329 e. The second-order valence-electron chi connectivity index (χ2n) is 4.28. The Labute approximate surface area is 150 Å². The summed E-state index contributed by atoms with van der Waals surface area (Å²) in [6.45, 7) is 0. The fraction of sp³-hybridized carbons (Fsp3) is 0. The second kappa shape index (κ2) is 8.10. The summed E-state index contributed by atoms with van der Waals surface area (Å²) in [5.74, 6) is -1.83. The molecule has 0 atom stereocenters. The molecule has 0 aromatic heterocycles. The SMILES string of the molecule is O=C(NN=Cc1ccccc1Br)C(=O)Nc1cccc(Cl)c1Cl. The Morgan fingerprint density at radius 3 is 2.52 bits per heavy atom. The summed E-state index contributed by atoms with van der Waals surface area (Å²) in [6.07, 6.45) is 1.42. The van der Waals surface area contributed by atoms with Crippen molar-refractivity contribution in [2.75, 3.05) is 5.32 Å². The first-order chi connectivity index (χ1) is 11.0. The summed E-state index contributed by atoms with van der Waals surface area (Å²) in [5, 5.41) is 6.53. The number of hydrogen-bond acceptors (Lipinski definition) is 3. The van der Waals surface area contributed by atoms with E-state index in [2.05, 4.69) is 31.8 Å². The number of amides is 2. The predicted octanol–water partition coefficient (Wildman–Crippen LogP) is 3.84. The summed E-state index contributed by atoms with van der Waals surface area (Å²) in [5.41, 5.74) is 3.13. The number of nitrogens with one attached hydrogen (secondary N) is 2. The van der Waals surface area contributed by atoms with Crippen LogP contribution in [0.1, 0.15) is 5.56 Å². The molecule has 23 heavy (non-hydrogen) atoms. The fourth-order valence-electron chi connectivity index (χ4n) is 1.57. The highest BCUT2D eigenvalue weighted by Gasteiger charge is 2.15. The van der Waals surface area contributed by atoms with Gasteiger partial charge >= 0.3 is 11.8 Å². The lowest BCUT2D eigenvalue weighted by atomic mass is 10.2. The van der Waals surface area contributed by atoms with Gasteiger partial charge in [-0.2, -0.15) is 5.10 Å². The first-order valence-electron chi connectivity index (χ1n) is 6.32. The van der Waals surface area contributed by atoms with Crippen molar-refractivity contribution in [1.29, 1.82) is 0 Å². The minimum absolute atomic E-state index is 0.159. The van der Waals surface area contributed by atoms with Crippen molar-refractivity contribution < 1.29 is 9.59 Å². The molecule has 5 nitrogen and oxygen atoms in total. The van der Waals surface area contributed by atoms with E-state index in [0.717, 1.165) is 10.0 Å². The third kappa shape index (κ3) is 4.79. The van der Waals surface area contributed by atoms with E-state index in [4.69, 9.17) is 23.2 Å². The second-order valence-corrected chi connectivity index (χ2v) is 5.92. The highest BCUT2D eigenvalue weighted by atomic mass is 79.9. The highest BCUT2D eigenvalue weighted by molar-refractivity contribution is 9.10. The Bertz CT molecular complexity index is 781. The van der Waals surface area contributed by atoms with Crippen LogP contribution in [0, 0.1) is 0 Å². The number of hydrazone groups is 1. The lowest BCUT2D eigenvalue weighted by Crippen LogP contribution is -2.32. The van der Waals surface area contributed by atoms with Crippen LogP contribution in [0.15, 0.2) is 52.0 Å². The Kier molecular flexibility index (Phi) is 6.15. The van der Waals surface area contributed by atoms with E-state index in [1.54, 1.807) is 18.2 Å². The summed E-state index contributed by atoms with van der Waals surface area (Å²) in [7, 11) is 0. The molecule has 2 rings (SSSR count). The number of benzene rings is 2. The molecule has 8 heteroatoms. The summed E-state index contributed by atoms with van der Waals surface area (Å²) in [6, 6.07) is 12.0. The van der Waals surface area contributed by atoms with Crippen molar-refractivity contribution >= 4 is 62.8 Å². The Morgan fingerprint density at radius 1 is 1.04 bits per heavy atom. The van der Waals surface area contributed by atoms with Crippen LogP contribution in [0.2, 0.25) is 10.0 Å². The van der Waals surface area contributed by atoms with Gasteiger partial charge in [0.25, 0.3) is 0 Å². The predicted molar refractivity (Wildman–Crippen MR) is 95.0 cm³/mol. The van der Waals surface area contributed by atoms with E-state index in [1.807, 2.05) is 18.2 Å². The van der Waals surface area contributed by atoms with E-state index in [0.29, 0.717) is 0 Å². The average Bonchev–Trinajstić information content (AvgIpc) is 2.53. The molecule has 0 fully saturated rings. The molecule has 0 saturated heterocycles. The van der Waals surface area contributed by atoms with Gasteiger partial charge in [0.15, 0.2) is 0 Å². The van der Waals surface area contributed by atoms with Crippen LogP contribution >= 0.6 is 39.1 Å². The molecule has 0 aliphatic rings. The third-order valence-corrected chi connectivity index (χ3v) is 4.22. The van der Waals surface area contributed by atoms with Gasteiger partial charge in [-0.15, -0.1) is 0 Å². The van der Waals surface area contributed by atoms with Gasteiger partial charge in [0, 0.05) is 10.0 Å². The van der Waals surface area contributed by atoms with Crippen molar-refractivity contribution in [2.45, 2.75) is 0 Å². The van der Waals surface area contributed by atoms with Crippen LogP contribution < -0.4 is 10.7 Å². The van der Waals surface area contributed by atoms with Crippen molar-refractivity contribution in [1.82, 2.24) is 5.43 Å². The quantitative estimate of drug-likeness (QED) is 0.455. The first kappa shape index (κ1) is 17.5. The van der Waals surface area contributed by atoms with Gasteiger partial charge in [0.1, 0.15) is 0 Å². The topological polar surface area (TPSA) is 70.6 Å². The molecule has 2 amide bonds. The lowest BCUT2D eigenvalue weighted by Gasteiger charge is -2.06. The number of nitrogens with zero attached hydrogens (tertiary/aromatic N) is 1. The zero-order valence-corrected chi connectivity index (χ0v) is 14.6. The lowest BCUT2D eigenvalue weighted by molar-refractivity contribution is -0.136. The zero-order chi connectivity index (χ0) is 16.8. The monoisotopic (exact) mass is 413 g/mol. The molecule has 0 unspecified atom stereocenters. The zero-order valence-electron chi connectivity index (χ0n) is 11.5. The molecule has 0 heterocycles.